The normalized spacial score (nSPS) is 34.2. The fourth-order valence-corrected chi connectivity index (χ4v) is 4.66. The molecule has 2 aliphatic rings. The third-order valence-corrected chi connectivity index (χ3v) is 5.69. The summed E-state index contributed by atoms with van der Waals surface area (Å²) in [6.45, 7) is 0. The topological polar surface area (TPSA) is 0 Å². The maximum Gasteiger partial charge on any atom is 0.126 e. The molecule has 0 N–H and O–H groups in total. The molecule has 0 nitrogen and oxygen atoms in total. The number of rotatable bonds is 3. The standard InChI is InChI=1S/C15H17Cl2F/c16-9-15(7-10-1-2-12(15)5-10)8-11-6-13(17)3-4-14(11)18/h3-4,6,10,12H,1-2,5,7-9H2. The second-order valence-electron chi connectivity index (χ2n) is 5.99. The third-order valence-electron chi connectivity index (χ3n) is 4.92. The minimum absolute atomic E-state index is 0.107. The lowest BCUT2D eigenvalue weighted by atomic mass is 9.71. The second kappa shape index (κ2) is 4.68. The first-order chi connectivity index (χ1) is 8.63. The highest BCUT2D eigenvalue weighted by Gasteiger charge is 2.50. The zero-order valence-corrected chi connectivity index (χ0v) is 11.8. The molecule has 2 fully saturated rings. The lowest BCUT2D eigenvalue weighted by Gasteiger charge is -2.36. The van der Waals surface area contributed by atoms with Crippen LogP contribution in [0.5, 0.6) is 0 Å². The highest BCUT2D eigenvalue weighted by Crippen LogP contribution is 2.57. The quantitative estimate of drug-likeness (QED) is 0.681. The van der Waals surface area contributed by atoms with E-state index in [1.165, 1.54) is 25.3 Å². The van der Waals surface area contributed by atoms with Crippen LogP contribution < -0.4 is 0 Å². The number of hydrogen-bond donors (Lipinski definition) is 0. The first kappa shape index (κ1) is 12.7. The van der Waals surface area contributed by atoms with Gasteiger partial charge in [-0.25, -0.2) is 4.39 Å². The van der Waals surface area contributed by atoms with Gasteiger partial charge in [0.2, 0.25) is 0 Å². The van der Waals surface area contributed by atoms with Crippen LogP contribution in [0.1, 0.15) is 31.2 Å². The Hall–Kier alpha value is -0.270. The summed E-state index contributed by atoms with van der Waals surface area (Å²) >= 11 is 12.2. The van der Waals surface area contributed by atoms with Crippen molar-refractivity contribution in [3.63, 3.8) is 0 Å². The van der Waals surface area contributed by atoms with Gasteiger partial charge in [0.1, 0.15) is 5.82 Å². The molecule has 0 heterocycles. The van der Waals surface area contributed by atoms with E-state index < -0.39 is 0 Å². The highest BCUT2D eigenvalue weighted by molar-refractivity contribution is 6.30. The van der Waals surface area contributed by atoms with Gasteiger partial charge in [-0.05, 0) is 66.7 Å². The predicted molar refractivity (Wildman–Crippen MR) is 73.7 cm³/mol. The van der Waals surface area contributed by atoms with Crippen molar-refractivity contribution in [1.29, 1.82) is 0 Å². The lowest BCUT2D eigenvalue weighted by molar-refractivity contribution is 0.191. The molecule has 0 spiro atoms. The van der Waals surface area contributed by atoms with E-state index in [1.54, 1.807) is 12.1 Å². The maximum absolute atomic E-state index is 13.9. The van der Waals surface area contributed by atoms with Crippen molar-refractivity contribution < 1.29 is 4.39 Å². The predicted octanol–water partition coefficient (Wildman–Crippen LogP) is 5.07. The van der Waals surface area contributed by atoms with Crippen molar-refractivity contribution in [3.8, 4) is 0 Å². The molecular formula is C15H17Cl2F. The number of hydrogen-bond acceptors (Lipinski definition) is 0. The number of fused-ring (bicyclic) bond motifs is 2. The summed E-state index contributed by atoms with van der Waals surface area (Å²) in [5, 5.41) is 0.610. The summed E-state index contributed by atoms with van der Waals surface area (Å²) < 4.78 is 13.9. The van der Waals surface area contributed by atoms with Gasteiger partial charge in [-0.15, -0.1) is 11.6 Å². The van der Waals surface area contributed by atoms with E-state index in [0.29, 0.717) is 16.8 Å². The Labute approximate surface area is 117 Å². The van der Waals surface area contributed by atoms with Crippen molar-refractivity contribution >= 4 is 23.2 Å². The van der Waals surface area contributed by atoms with Gasteiger partial charge in [-0.1, -0.05) is 18.0 Å². The van der Waals surface area contributed by atoms with E-state index >= 15 is 0 Å². The van der Waals surface area contributed by atoms with Gasteiger partial charge >= 0.3 is 0 Å². The number of benzene rings is 1. The van der Waals surface area contributed by atoms with E-state index in [9.17, 15) is 4.39 Å². The van der Waals surface area contributed by atoms with Crippen LogP contribution in [-0.4, -0.2) is 5.88 Å². The Morgan fingerprint density at radius 3 is 2.78 bits per heavy atom. The highest BCUT2D eigenvalue weighted by atomic mass is 35.5. The first-order valence-electron chi connectivity index (χ1n) is 6.63. The molecule has 0 amide bonds. The summed E-state index contributed by atoms with van der Waals surface area (Å²) in [5.41, 5.74) is 0.839. The van der Waals surface area contributed by atoms with E-state index in [-0.39, 0.29) is 11.2 Å². The SMILES string of the molecule is Fc1ccc(Cl)cc1CC1(CCl)CC2CCC1C2. The van der Waals surface area contributed by atoms with Crippen LogP contribution in [-0.2, 0) is 6.42 Å². The van der Waals surface area contributed by atoms with Gasteiger partial charge < -0.3 is 0 Å². The molecule has 3 heteroatoms. The average Bonchev–Trinajstić information content (AvgIpc) is 2.94. The summed E-state index contributed by atoms with van der Waals surface area (Å²) in [7, 11) is 0. The fraction of sp³-hybridized carbons (Fsp3) is 0.600. The van der Waals surface area contributed by atoms with E-state index in [1.807, 2.05) is 0 Å². The smallest absolute Gasteiger partial charge is 0.126 e. The van der Waals surface area contributed by atoms with Crippen LogP contribution in [0.15, 0.2) is 18.2 Å². The Morgan fingerprint density at radius 2 is 2.17 bits per heavy atom. The van der Waals surface area contributed by atoms with Crippen molar-refractivity contribution in [3.05, 3.63) is 34.6 Å². The zero-order valence-electron chi connectivity index (χ0n) is 10.3. The molecule has 0 radical (unpaired) electrons. The van der Waals surface area contributed by atoms with Gasteiger partial charge in [0.25, 0.3) is 0 Å². The molecule has 1 aromatic carbocycles. The van der Waals surface area contributed by atoms with Crippen LogP contribution in [0.2, 0.25) is 5.02 Å². The fourth-order valence-electron chi connectivity index (χ4n) is 4.04. The van der Waals surface area contributed by atoms with Gasteiger partial charge in [-0.2, -0.15) is 0 Å². The molecular weight excluding hydrogens is 270 g/mol. The van der Waals surface area contributed by atoms with E-state index in [4.69, 9.17) is 23.2 Å². The molecule has 3 rings (SSSR count). The summed E-state index contributed by atoms with van der Waals surface area (Å²) in [5.74, 6) is 1.99. The van der Waals surface area contributed by atoms with Crippen LogP contribution in [0.25, 0.3) is 0 Å². The van der Waals surface area contributed by atoms with Crippen LogP contribution in [0.4, 0.5) is 4.39 Å². The monoisotopic (exact) mass is 286 g/mol. The van der Waals surface area contributed by atoms with Crippen molar-refractivity contribution in [2.75, 3.05) is 5.88 Å². The van der Waals surface area contributed by atoms with Crippen molar-refractivity contribution in [1.82, 2.24) is 0 Å². The zero-order chi connectivity index (χ0) is 12.8. The molecule has 0 aromatic heterocycles. The Bertz CT molecular complexity index is 460. The Morgan fingerprint density at radius 1 is 1.33 bits per heavy atom. The summed E-state index contributed by atoms with van der Waals surface area (Å²) in [4.78, 5) is 0. The van der Waals surface area contributed by atoms with Crippen LogP contribution >= 0.6 is 23.2 Å². The van der Waals surface area contributed by atoms with E-state index in [0.717, 1.165) is 24.3 Å². The van der Waals surface area contributed by atoms with Gasteiger partial charge in [0.05, 0.1) is 0 Å². The van der Waals surface area contributed by atoms with Crippen molar-refractivity contribution in [2.24, 2.45) is 17.3 Å². The molecule has 1 aromatic rings. The Kier molecular flexibility index (Phi) is 3.32. The molecule has 18 heavy (non-hydrogen) atoms. The minimum atomic E-state index is -0.147. The molecule has 2 bridgehead atoms. The molecule has 3 atom stereocenters. The lowest BCUT2D eigenvalue weighted by Crippen LogP contribution is -2.32. The Balaban J connectivity index is 1.88. The van der Waals surface area contributed by atoms with Crippen LogP contribution in [0.3, 0.4) is 0 Å². The summed E-state index contributed by atoms with van der Waals surface area (Å²) in [6, 6.07) is 4.83. The number of halogens is 3. The minimum Gasteiger partial charge on any atom is -0.207 e. The van der Waals surface area contributed by atoms with Crippen molar-refractivity contribution in [2.45, 2.75) is 32.1 Å². The molecule has 2 saturated carbocycles. The molecule has 0 aliphatic heterocycles. The second-order valence-corrected chi connectivity index (χ2v) is 6.69. The van der Waals surface area contributed by atoms with Crippen LogP contribution in [0, 0.1) is 23.1 Å². The average molecular weight is 287 g/mol. The van der Waals surface area contributed by atoms with E-state index in [2.05, 4.69) is 0 Å². The maximum atomic E-state index is 13.9. The van der Waals surface area contributed by atoms with Gasteiger partial charge in [0.15, 0.2) is 0 Å². The molecule has 2 aliphatic carbocycles. The van der Waals surface area contributed by atoms with Gasteiger partial charge in [-0.3, -0.25) is 0 Å². The largest absolute Gasteiger partial charge is 0.207 e. The third kappa shape index (κ3) is 2.06. The number of alkyl halides is 1. The first-order valence-corrected chi connectivity index (χ1v) is 7.54. The molecule has 98 valence electrons. The molecule has 3 unspecified atom stereocenters. The molecule has 0 saturated heterocycles. The van der Waals surface area contributed by atoms with Gasteiger partial charge in [0, 0.05) is 10.9 Å². The summed E-state index contributed by atoms with van der Waals surface area (Å²) in [6.07, 6.45) is 5.78.